The van der Waals surface area contributed by atoms with Gasteiger partial charge in [0, 0.05) is 16.5 Å². The number of carbonyl (C=O) groups excluding carboxylic acids is 1. The van der Waals surface area contributed by atoms with Crippen LogP contribution in [-0.4, -0.2) is 33.4 Å². The van der Waals surface area contributed by atoms with Crippen LogP contribution >= 0.6 is 11.3 Å². The zero-order chi connectivity index (χ0) is 17.3. The molecule has 3 rings (SSSR count). The van der Waals surface area contributed by atoms with Crippen molar-refractivity contribution in [2.45, 2.75) is 0 Å². The van der Waals surface area contributed by atoms with Crippen LogP contribution in [0.2, 0.25) is 0 Å². The average Bonchev–Trinajstić information content (AvgIpc) is 3.07. The van der Waals surface area contributed by atoms with E-state index in [0.717, 1.165) is 0 Å². The molecule has 1 aromatic heterocycles. The number of phenols is 3. The van der Waals surface area contributed by atoms with Crippen molar-refractivity contribution in [3.63, 3.8) is 0 Å². The Bertz CT molecular complexity index is 919. The maximum Gasteiger partial charge on any atom is 0.341 e. The normalized spacial score (nSPS) is 10.5. The van der Waals surface area contributed by atoms with Gasteiger partial charge >= 0.3 is 5.97 Å². The Morgan fingerprint density at radius 3 is 2.42 bits per heavy atom. The van der Waals surface area contributed by atoms with Crippen LogP contribution in [0.5, 0.6) is 17.2 Å². The lowest BCUT2D eigenvalue weighted by Crippen LogP contribution is -2.01. The molecule has 0 spiro atoms. The van der Waals surface area contributed by atoms with Crippen LogP contribution in [0.25, 0.3) is 21.8 Å². The summed E-state index contributed by atoms with van der Waals surface area (Å²) < 4.78 is 4.64. The standard InChI is InChI=1S/C17H13NO5S/c1-23-17(22)11-6-10(3-4-13(11)19)16-18-12(8-24-16)9-2-5-14(20)15(21)7-9/h2-8,19-21H,1H3. The summed E-state index contributed by atoms with van der Waals surface area (Å²) in [5.74, 6) is -1.21. The molecule has 0 radical (unpaired) electrons. The Morgan fingerprint density at radius 2 is 1.71 bits per heavy atom. The van der Waals surface area contributed by atoms with E-state index in [1.807, 2.05) is 0 Å². The second-order valence-electron chi connectivity index (χ2n) is 4.96. The molecule has 0 aliphatic heterocycles. The lowest BCUT2D eigenvalue weighted by atomic mass is 10.1. The molecule has 7 heteroatoms. The zero-order valence-electron chi connectivity index (χ0n) is 12.6. The second kappa shape index (κ2) is 6.21. The van der Waals surface area contributed by atoms with E-state index in [9.17, 15) is 20.1 Å². The summed E-state index contributed by atoms with van der Waals surface area (Å²) in [5, 5.41) is 31.2. The van der Waals surface area contributed by atoms with Gasteiger partial charge < -0.3 is 20.1 Å². The molecule has 3 aromatic rings. The third-order valence-electron chi connectivity index (χ3n) is 3.42. The Hall–Kier alpha value is -3.06. The summed E-state index contributed by atoms with van der Waals surface area (Å²) in [5.41, 5.74) is 2.00. The fraction of sp³-hybridized carbons (Fsp3) is 0.0588. The van der Waals surface area contributed by atoms with E-state index in [1.54, 1.807) is 17.5 Å². The number of thiazole rings is 1. The lowest BCUT2D eigenvalue weighted by molar-refractivity contribution is 0.0597. The van der Waals surface area contributed by atoms with Crippen molar-refractivity contribution in [2.24, 2.45) is 0 Å². The van der Waals surface area contributed by atoms with E-state index in [4.69, 9.17) is 0 Å². The Balaban J connectivity index is 1.99. The number of hydrogen-bond donors (Lipinski definition) is 3. The summed E-state index contributed by atoms with van der Waals surface area (Å²) in [6, 6.07) is 9.03. The first-order chi connectivity index (χ1) is 11.5. The Kier molecular flexibility index (Phi) is 4.09. The smallest absolute Gasteiger partial charge is 0.341 e. The van der Waals surface area contributed by atoms with E-state index >= 15 is 0 Å². The number of esters is 1. The zero-order valence-corrected chi connectivity index (χ0v) is 13.4. The van der Waals surface area contributed by atoms with E-state index < -0.39 is 5.97 Å². The van der Waals surface area contributed by atoms with Crippen molar-refractivity contribution >= 4 is 17.3 Å². The van der Waals surface area contributed by atoms with Gasteiger partial charge in [0.2, 0.25) is 0 Å². The number of benzene rings is 2. The summed E-state index contributed by atoms with van der Waals surface area (Å²) in [7, 11) is 1.24. The number of carbonyl (C=O) groups is 1. The SMILES string of the molecule is COC(=O)c1cc(-c2nc(-c3ccc(O)c(O)c3)cs2)ccc1O. The van der Waals surface area contributed by atoms with E-state index in [1.165, 1.54) is 42.7 Å². The van der Waals surface area contributed by atoms with Gasteiger partial charge in [-0.3, -0.25) is 0 Å². The first-order valence-corrected chi connectivity index (χ1v) is 7.77. The van der Waals surface area contributed by atoms with Gasteiger partial charge in [0.05, 0.1) is 12.8 Å². The molecule has 6 nitrogen and oxygen atoms in total. The first kappa shape index (κ1) is 15.8. The number of ether oxygens (including phenoxy) is 1. The van der Waals surface area contributed by atoms with Crippen molar-refractivity contribution in [1.82, 2.24) is 4.98 Å². The van der Waals surface area contributed by atoms with Gasteiger partial charge in [-0.25, -0.2) is 9.78 Å². The van der Waals surface area contributed by atoms with E-state index in [0.29, 0.717) is 21.8 Å². The topological polar surface area (TPSA) is 99.9 Å². The van der Waals surface area contributed by atoms with Crippen LogP contribution in [0, 0.1) is 0 Å². The minimum absolute atomic E-state index is 0.0639. The molecule has 122 valence electrons. The molecular formula is C17H13NO5S. The van der Waals surface area contributed by atoms with Gasteiger partial charge in [0.1, 0.15) is 16.3 Å². The molecule has 0 atom stereocenters. The highest BCUT2D eigenvalue weighted by atomic mass is 32.1. The maximum atomic E-state index is 11.7. The largest absolute Gasteiger partial charge is 0.507 e. The third-order valence-corrected chi connectivity index (χ3v) is 4.32. The first-order valence-electron chi connectivity index (χ1n) is 6.89. The number of methoxy groups -OCH3 is 1. The molecule has 0 fully saturated rings. The fourth-order valence-electron chi connectivity index (χ4n) is 2.16. The minimum atomic E-state index is -0.630. The predicted octanol–water partition coefficient (Wildman–Crippen LogP) is 3.38. The maximum absolute atomic E-state index is 11.7. The summed E-state index contributed by atoms with van der Waals surface area (Å²) in [4.78, 5) is 16.1. The fourth-order valence-corrected chi connectivity index (χ4v) is 2.99. The van der Waals surface area contributed by atoms with Crippen LogP contribution in [0.15, 0.2) is 41.8 Å². The van der Waals surface area contributed by atoms with Crippen LogP contribution in [0.1, 0.15) is 10.4 Å². The van der Waals surface area contributed by atoms with Crippen molar-refractivity contribution in [3.05, 3.63) is 47.3 Å². The van der Waals surface area contributed by atoms with Crippen LogP contribution < -0.4 is 0 Å². The average molecular weight is 343 g/mol. The number of nitrogens with zero attached hydrogens (tertiary/aromatic N) is 1. The number of aromatic nitrogens is 1. The molecule has 0 saturated carbocycles. The molecule has 1 heterocycles. The monoisotopic (exact) mass is 343 g/mol. The van der Waals surface area contributed by atoms with Gasteiger partial charge in [0.25, 0.3) is 0 Å². The molecule has 0 aliphatic rings. The third kappa shape index (κ3) is 2.89. The summed E-state index contributed by atoms with van der Waals surface area (Å²) in [6.45, 7) is 0. The molecule has 0 aliphatic carbocycles. The number of rotatable bonds is 3. The molecule has 3 N–H and O–H groups in total. The highest BCUT2D eigenvalue weighted by Gasteiger charge is 2.15. The van der Waals surface area contributed by atoms with Crippen LogP contribution in [0.3, 0.4) is 0 Å². The Morgan fingerprint density at radius 1 is 1.00 bits per heavy atom. The highest BCUT2D eigenvalue weighted by molar-refractivity contribution is 7.13. The van der Waals surface area contributed by atoms with Crippen molar-refractivity contribution in [3.8, 4) is 39.1 Å². The van der Waals surface area contributed by atoms with Gasteiger partial charge in [-0.05, 0) is 36.4 Å². The quantitative estimate of drug-likeness (QED) is 0.498. The van der Waals surface area contributed by atoms with Crippen LogP contribution in [0.4, 0.5) is 0 Å². The molecule has 0 unspecified atom stereocenters. The molecule has 0 amide bonds. The van der Waals surface area contributed by atoms with Crippen LogP contribution in [-0.2, 0) is 4.74 Å². The molecule has 24 heavy (non-hydrogen) atoms. The molecular weight excluding hydrogens is 330 g/mol. The number of hydrogen-bond acceptors (Lipinski definition) is 7. The van der Waals surface area contributed by atoms with Gasteiger partial charge in [-0.15, -0.1) is 11.3 Å². The van der Waals surface area contributed by atoms with Gasteiger partial charge in [-0.2, -0.15) is 0 Å². The number of phenolic OH excluding ortho intramolecular Hbond substituents is 3. The van der Waals surface area contributed by atoms with E-state index in [-0.39, 0.29) is 22.8 Å². The van der Waals surface area contributed by atoms with Crippen molar-refractivity contribution in [1.29, 1.82) is 0 Å². The van der Waals surface area contributed by atoms with Gasteiger partial charge in [0.15, 0.2) is 11.5 Å². The van der Waals surface area contributed by atoms with E-state index in [2.05, 4.69) is 9.72 Å². The summed E-state index contributed by atoms with van der Waals surface area (Å²) in [6.07, 6.45) is 0. The lowest BCUT2D eigenvalue weighted by Gasteiger charge is -2.04. The van der Waals surface area contributed by atoms with Crippen molar-refractivity contribution in [2.75, 3.05) is 7.11 Å². The predicted molar refractivity (Wildman–Crippen MR) is 89.3 cm³/mol. The number of aromatic hydroxyl groups is 3. The minimum Gasteiger partial charge on any atom is -0.507 e. The Labute approximate surface area is 141 Å². The van der Waals surface area contributed by atoms with Crippen molar-refractivity contribution < 1.29 is 24.9 Å². The molecule has 2 aromatic carbocycles. The molecule has 0 saturated heterocycles. The highest BCUT2D eigenvalue weighted by Crippen LogP contribution is 2.34. The molecule has 0 bridgehead atoms. The van der Waals surface area contributed by atoms with Gasteiger partial charge in [-0.1, -0.05) is 0 Å². The summed E-state index contributed by atoms with van der Waals surface area (Å²) >= 11 is 1.35. The second-order valence-corrected chi connectivity index (χ2v) is 5.82.